The summed E-state index contributed by atoms with van der Waals surface area (Å²) in [6.07, 6.45) is 0. The number of carbonyl (C=O) groups is 2. The number of hydrogen-bond acceptors (Lipinski definition) is 7. The first-order valence-corrected chi connectivity index (χ1v) is 10.3. The van der Waals surface area contributed by atoms with E-state index in [0.29, 0.717) is 15.0 Å². The van der Waals surface area contributed by atoms with Crippen molar-refractivity contribution >= 4 is 45.7 Å². The van der Waals surface area contributed by atoms with Gasteiger partial charge in [-0.15, -0.1) is 10.2 Å². The second kappa shape index (κ2) is 9.34. The second-order valence-corrected chi connectivity index (χ2v) is 8.17. The molecular weight excluding hydrogens is 394 g/mol. The Kier molecular flexibility index (Phi) is 6.62. The maximum absolute atomic E-state index is 11.9. The SMILES string of the molecule is Cc1ccc(Nc2nnc(SCC(=O)NNC(=O)c3ccccc3)s2)c(C)c1. The van der Waals surface area contributed by atoms with Crippen molar-refractivity contribution in [3.8, 4) is 0 Å². The topological polar surface area (TPSA) is 96.0 Å². The Morgan fingerprint density at radius 1 is 1.04 bits per heavy atom. The third-order valence-electron chi connectivity index (χ3n) is 3.71. The number of hydrogen-bond donors (Lipinski definition) is 3. The van der Waals surface area contributed by atoms with Crippen LogP contribution < -0.4 is 16.2 Å². The van der Waals surface area contributed by atoms with E-state index in [-0.39, 0.29) is 17.6 Å². The van der Waals surface area contributed by atoms with Gasteiger partial charge >= 0.3 is 0 Å². The van der Waals surface area contributed by atoms with Crippen molar-refractivity contribution in [2.75, 3.05) is 11.1 Å². The number of thioether (sulfide) groups is 1. The van der Waals surface area contributed by atoms with Crippen molar-refractivity contribution in [3.05, 3.63) is 65.2 Å². The molecule has 0 bridgehead atoms. The fourth-order valence-electron chi connectivity index (χ4n) is 2.34. The highest BCUT2D eigenvalue weighted by molar-refractivity contribution is 8.01. The quantitative estimate of drug-likeness (QED) is 0.423. The van der Waals surface area contributed by atoms with Gasteiger partial charge in [0.1, 0.15) is 0 Å². The van der Waals surface area contributed by atoms with Gasteiger partial charge in [-0.25, -0.2) is 0 Å². The maximum Gasteiger partial charge on any atom is 0.269 e. The predicted octanol–water partition coefficient (Wildman–Crippen LogP) is 3.45. The van der Waals surface area contributed by atoms with E-state index in [1.807, 2.05) is 32.0 Å². The van der Waals surface area contributed by atoms with Gasteiger partial charge in [-0.05, 0) is 37.6 Å². The first-order chi connectivity index (χ1) is 13.5. The number of carbonyl (C=O) groups excluding carboxylic acids is 2. The van der Waals surface area contributed by atoms with E-state index in [1.54, 1.807) is 24.3 Å². The van der Waals surface area contributed by atoms with Gasteiger partial charge in [0, 0.05) is 11.3 Å². The summed E-state index contributed by atoms with van der Waals surface area (Å²) in [5.74, 6) is -0.573. The van der Waals surface area contributed by atoms with Gasteiger partial charge < -0.3 is 5.32 Å². The van der Waals surface area contributed by atoms with Crippen LogP contribution in [0, 0.1) is 13.8 Å². The largest absolute Gasteiger partial charge is 0.330 e. The highest BCUT2D eigenvalue weighted by Crippen LogP contribution is 2.28. The predicted molar refractivity (Wildman–Crippen MR) is 112 cm³/mol. The fraction of sp³-hybridized carbons (Fsp3) is 0.158. The molecule has 0 aliphatic rings. The zero-order valence-electron chi connectivity index (χ0n) is 15.4. The van der Waals surface area contributed by atoms with Crippen LogP contribution in [0.1, 0.15) is 21.5 Å². The van der Waals surface area contributed by atoms with Crippen molar-refractivity contribution < 1.29 is 9.59 Å². The molecule has 9 heteroatoms. The van der Waals surface area contributed by atoms with Gasteiger partial charge in [-0.2, -0.15) is 0 Å². The molecule has 144 valence electrons. The summed E-state index contributed by atoms with van der Waals surface area (Å²) in [6.45, 7) is 4.07. The van der Waals surface area contributed by atoms with Crippen LogP contribution in [-0.4, -0.2) is 27.8 Å². The van der Waals surface area contributed by atoms with Crippen molar-refractivity contribution in [2.24, 2.45) is 0 Å². The number of hydrazine groups is 1. The lowest BCUT2D eigenvalue weighted by molar-refractivity contribution is -0.119. The Bertz CT molecular complexity index is 975. The lowest BCUT2D eigenvalue weighted by Gasteiger charge is -2.06. The lowest BCUT2D eigenvalue weighted by atomic mass is 10.1. The van der Waals surface area contributed by atoms with Crippen LogP contribution in [0.4, 0.5) is 10.8 Å². The number of rotatable bonds is 6. The Labute approximate surface area is 170 Å². The molecule has 0 radical (unpaired) electrons. The monoisotopic (exact) mass is 413 g/mol. The Hall–Kier alpha value is -2.91. The number of nitrogens with zero attached hydrogens (tertiary/aromatic N) is 2. The molecule has 0 saturated heterocycles. The van der Waals surface area contributed by atoms with Crippen LogP contribution in [0.2, 0.25) is 0 Å². The first kappa shape index (κ1) is 19.8. The zero-order valence-corrected chi connectivity index (χ0v) is 17.0. The molecule has 28 heavy (non-hydrogen) atoms. The van der Waals surface area contributed by atoms with Gasteiger partial charge in [0.2, 0.25) is 11.0 Å². The second-order valence-electron chi connectivity index (χ2n) is 5.97. The summed E-state index contributed by atoms with van der Waals surface area (Å²) in [5, 5.41) is 12.1. The third-order valence-corrected chi connectivity index (χ3v) is 5.68. The van der Waals surface area contributed by atoms with Gasteiger partial charge in [0.05, 0.1) is 5.75 Å². The lowest BCUT2D eigenvalue weighted by Crippen LogP contribution is -2.42. The number of amides is 2. The summed E-state index contributed by atoms with van der Waals surface area (Å²) >= 11 is 2.62. The van der Waals surface area contributed by atoms with E-state index in [9.17, 15) is 9.59 Å². The van der Waals surface area contributed by atoms with Crippen LogP contribution >= 0.6 is 23.1 Å². The minimum atomic E-state index is -0.366. The molecule has 0 fully saturated rings. The van der Waals surface area contributed by atoms with Crippen LogP contribution in [0.15, 0.2) is 52.9 Å². The van der Waals surface area contributed by atoms with Crippen molar-refractivity contribution in [1.82, 2.24) is 21.0 Å². The molecule has 0 spiro atoms. The van der Waals surface area contributed by atoms with E-state index in [1.165, 1.54) is 28.7 Å². The molecule has 0 aliphatic heterocycles. The average Bonchev–Trinajstić information content (AvgIpc) is 3.15. The summed E-state index contributed by atoms with van der Waals surface area (Å²) in [7, 11) is 0. The number of aromatic nitrogens is 2. The summed E-state index contributed by atoms with van der Waals surface area (Å²) in [4.78, 5) is 23.8. The highest BCUT2D eigenvalue weighted by atomic mass is 32.2. The number of benzene rings is 2. The van der Waals surface area contributed by atoms with E-state index in [4.69, 9.17) is 0 Å². The van der Waals surface area contributed by atoms with E-state index < -0.39 is 0 Å². The Morgan fingerprint density at radius 3 is 2.57 bits per heavy atom. The molecule has 1 heterocycles. The maximum atomic E-state index is 11.9. The summed E-state index contributed by atoms with van der Waals surface area (Å²) < 4.78 is 0.664. The van der Waals surface area contributed by atoms with Gasteiger partial charge in [0.15, 0.2) is 4.34 Å². The van der Waals surface area contributed by atoms with Gasteiger partial charge in [0.25, 0.3) is 5.91 Å². The van der Waals surface area contributed by atoms with Crippen LogP contribution in [0.5, 0.6) is 0 Å². The zero-order chi connectivity index (χ0) is 19.9. The molecule has 0 atom stereocenters. The summed E-state index contributed by atoms with van der Waals surface area (Å²) in [6, 6.07) is 14.8. The molecule has 3 aromatic rings. The van der Waals surface area contributed by atoms with Gasteiger partial charge in [-0.1, -0.05) is 59.0 Å². The van der Waals surface area contributed by atoms with Gasteiger partial charge in [-0.3, -0.25) is 20.4 Å². The number of anilines is 2. The molecule has 0 aliphatic carbocycles. The average molecular weight is 414 g/mol. The van der Waals surface area contributed by atoms with Crippen molar-refractivity contribution in [3.63, 3.8) is 0 Å². The molecule has 3 rings (SSSR count). The number of aryl methyl sites for hydroxylation is 2. The molecule has 0 saturated carbocycles. The highest BCUT2D eigenvalue weighted by Gasteiger charge is 2.10. The molecule has 1 aromatic heterocycles. The van der Waals surface area contributed by atoms with Crippen LogP contribution in [0.3, 0.4) is 0 Å². The van der Waals surface area contributed by atoms with E-state index >= 15 is 0 Å². The normalized spacial score (nSPS) is 10.4. The molecule has 0 unspecified atom stereocenters. The van der Waals surface area contributed by atoms with Crippen molar-refractivity contribution in [1.29, 1.82) is 0 Å². The fourth-order valence-corrected chi connectivity index (χ4v) is 3.90. The third kappa shape index (κ3) is 5.54. The molecular formula is C19H19N5O2S2. The van der Waals surface area contributed by atoms with E-state index in [0.717, 1.165) is 11.3 Å². The molecule has 3 N–H and O–H groups in total. The van der Waals surface area contributed by atoms with Crippen LogP contribution in [0.25, 0.3) is 0 Å². The minimum Gasteiger partial charge on any atom is -0.330 e. The summed E-state index contributed by atoms with van der Waals surface area (Å²) in [5.41, 5.74) is 8.54. The first-order valence-electron chi connectivity index (χ1n) is 8.46. The Balaban J connectivity index is 1.46. The minimum absolute atomic E-state index is 0.118. The molecule has 7 nitrogen and oxygen atoms in total. The smallest absolute Gasteiger partial charge is 0.269 e. The van der Waals surface area contributed by atoms with Crippen molar-refractivity contribution in [2.45, 2.75) is 18.2 Å². The molecule has 2 aromatic carbocycles. The standard InChI is InChI=1S/C19H19N5O2S2/c1-12-8-9-15(13(2)10-12)20-18-23-24-19(28-18)27-11-16(25)21-22-17(26)14-6-4-3-5-7-14/h3-10H,11H2,1-2H3,(H,20,23)(H,21,25)(H,22,26). The van der Waals surface area contributed by atoms with E-state index in [2.05, 4.69) is 32.4 Å². The van der Waals surface area contributed by atoms with Crippen LogP contribution in [-0.2, 0) is 4.79 Å². The number of nitrogens with one attached hydrogen (secondary N) is 3. The Morgan fingerprint density at radius 2 is 1.82 bits per heavy atom. The molecule has 2 amide bonds.